The Morgan fingerprint density at radius 1 is 1.41 bits per heavy atom. The van der Waals surface area contributed by atoms with Gasteiger partial charge in [0.05, 0.1) is 0 Å². The normalized spacial score (nSPS) is 11.9. The van der Waals surface area contributed by atoms with Crippen molar-refractivity contribution in [3.63, 3.8) is 0 Å². The Hall–Kier alpha value is -1.59. The van der Waals surface area contributed by atoms with E-state index < -0.39 is 0 Å². The molecule has 0 aromatic carbocycles. The second-order valence-corrected chi connectivity index (χ2v) is 4.20. The van der Waals surface area contributed by atoms with E-state index in [4.69, 9.17) is 4.52 Å². The van der Waals surface area contributed by atoms with E-state index in [-0.39, 0.29) is 0 Å². The summed E-state index contributed by atoms with van der Waals surface area (Å²) in [4.78, 5) is 8.48. The molecule has 0 aliphatic rings. The molecule has 0 unspecified atom stereocenters. The van der Waals surface area contributed by atoms with Gasteiger partial charge in [-0.05, 0) is 12.8 Å². The summed E-state index contributed by atoms with van der Waals surface area (Å²) < 4.78 is 4.88. The second-order valence-electron chi connectivity index (χ2n) is 4.20. The number of guanidine groups is 1. The van der Waals surface area contributed by atoms with Crippen molar-refractivity contribution in [1.29, 1.82) is 0 Å². The van der Waals surface area contributed by atoms with Crippen LogP contribution in [-0.2, 0) is 6.54 Å². The van der Waals surface area contributed by atoms with Gasteiger partial charge in [0, 0.05) is 20.0 Å². The number of aryl methyl sites for hydroxylation is 1. The van der Waals surface area contributed by atoms with Crippen molar-refractivity contribution in [3.8, 4) is 0 Å². The van der Waals surface area contributed by atoms with Crippen LogP contribution in [0.25, 0.3) is 0 Å². The number of aliphatic imine (C=N–C) groups is 1. The summed E-state index contributed by atoms with van der Waals surface area (Å²) in [6, 6.07) is 0. The van der Waals surface area contributed by atoms with Crippen LogP contribution in [0.5, 0.6) is 0 Å². The lowest BCUT2D eigenvalue weighted by molar-refractivity contribution is 0.387. The molecule has 0 fully saturated rings. The van der Waals surface area contributed by atoms with Gasteiger partial charge in [-0.15, -0.1) is 0 Å². The Morgan fingerprint density at radius 3 is 2.71 bits per heavy atom. The van der Waals surface area contributed by atoms with Gasteiger partial charge < -0.3 is 15.2 Å². The number of hydrogen-bond donors (Lipinski definition) is 2. The van der Waals surface area contributed by atoms with E-state index in [1.807, 2.05) is 6.92 Å². The summed E-state index contributed by atoms with van der Waals surface area (Å²) in [6.45, 7) is 10.2. The fraction of sp³-hybridized carbons (Fsp3) is 0.727. The first-order chi connectivity index (χ1) is 8.11. The SMILES string of the molecule is CCNC(=NCc1noc(C)n1)NCC(C)C. The van der Waals surface area contributed by atoms with E-state index in [0.29, 0.717) is 24.2 Å². The number of hydrogen-bond acceptors (Lipinski definition) is 4. The van der Waals surface area contributed by atoms with Crippen LogP contribution in [0.15, 0.2) is 9.52 Å². The molecule has 96 valence electrons. The van der Waals surface area contributed by atoms with Crippen molar-refractivity contribution >= 4 is 5.96 Å². The third kappa shape index (κ3) is 5.33. The molecule has 0 aliphatic carbocycles. The van der Waals surface area contributed by atoms with Gasteiger partial charge >= 0.3 is 0 Å². The Morgan fingerprint density at radius 2 is 2.18 bits per heavy atom. The zero-order chi connectivity index (χ0) is 12.7. The maximum atomic E-state index is 4.88. The van der Waals surface area contributed by atoms with Crippen molar-refractivity contribution in [1.82, 2.24) is 20.8 Å². The van der Waals surface area contributed by atoms with Gasteiger partial charge in [0.2, 0.25) is 5.89 Å². The van der Waals surface area contributed by atoms with Crippen molar-refractivity contribution < 1.29 is 4.52 Å². The van der Waals surface area contributed by atoms with Gasteiger partial charge in [-0.1, -0.05) is 19.0 Å². The zero-order valence-corrected chi connectivity index (χ0v) is 10.9. The van der Waals surface area contributed by atoms with Gasteiger partial charge in [-0.2, -0.15) is 4.98 Å². The Balaban J connectivity index is 2.50. The zero-order valence-electron chi connectivity index (χ0n) is 10.9. The summed E-state index contributed by atoms with van der Waals surface area (Å²) in [5.41, 5.74) is 0. The Labute approximate surface area is 102 Å². The standard InChI is InChI=1S/C11H21N5O/c1-5-12-11(13-6-8(2)3)14-7-10-15-9(4)17-16-10/h8H,5-7H2,1-4H3,(H2,12,13,14). The molecule has 0 saturated carbocycles. The lowest BCUT2D eigenvalue weighted by Gasteiger charge is -2.12. The minimum Gasteiger partial charge on any atom is -0.357 e. The molecule has 6 heteroatoms. The highest BCUT2D eigenvalue weighted by molar-refractivity contribution is 5.79. The van der Waals surface area contributed by atoms with Crippen LogP contribution in [-0.4, -0.2) is 29.2 Å². The van der Waals surface area contributed by atoms with E-state index in [1.165, 1.54) is 0 Å². The summed E-state index contributed by atoms with van der Waals surface area (Å²) >= 11 is 0. The Kier molecular flexibility index (Phi) is 5.45. The molecule has 0 spiro atoms. The largest absolute Gasteiger partial charge is 0.357 e. The molecule has 17 heavy (non-hydrogen) atoms. The van der Waals surface area contributed by atoms with Gasteiger partial charge in [0.1, 0.15) is 6.54 Å². The van der Waals surface area contributed by atoms with E-state index >= 15 is 0 Å². The second kappa shape index (κ2) is 6.88. The average molecular weight is 239 g/mol. The molecule has 1 aromatic rings. The predicted octanol–water partition coefficient (Wildman–Crippen LogP) is 1.09. The topological polar surface area (TPSA) is 75.3 Å². The molecule has 1 aromatic heterocycles. The van der Waals surface area contributed by atoms with Crippen LogP contribution < -0.4 is 10.6 Å². The smallest absolute Gasteiger partial charge is 0.223 e. The van der Waals surface area contributed by atoms with Gasteiger partial charge in [-0.25, -0.2) is 4.99 Å². The minimum atomic E-state index is 0.421. The quantitative estimate of drug-likeness (QED) is 0.594. The molecule has 1 heterocycles. The van der Waals surface area contributed by atoms with Crippen molar-refractivity contribution in [2.24, 2.45) is 10.9 Å². The van der Waals surface area contributed by atoms with Crippen LogP contribution in [0.4, 0.5) is 0 Å². The van der Waals surface area contributed by atoms with E-state index in [0.717, 1.165) is 19.0 Å². The summed E-state index contributed by atoms with van der Waals surface area (Å²) in [5, 5.41) is 10.2. The number of nitrogens with one attached hydrogen (secondary N) is 2. The lowest BCUT2D eigenvalue weighted by atomic mass is 10.2. The van der Waals surface area contributed by atoms with Gasteiger partial charge in [0.15, 0.2) is 11.8 Å². The van der Waals surface area contributed by atoms with Gasteiger partial charge in [-0.3, -0.25) is 0 Å². The van der Waals surface area contributed by atoms with Crippen molar-refractivity contribution in [3.05, 3.63) is 11.7 Å². The molecule has 2 N–H and O–H groups in total. The molecule has 0 amide bonds. The highest BCUT2D eigenvalue weighted by Gasteiger charge is 2.02. The van der Waals surface area contributed by atoms with Crippen LogP contribution in [0.3, 0.4) is 0 Å². The lowest BCUT2D eigenvalue weighted by Crippen LogP contribution is -2.39. The third-order valence-electron chi connectivity index (χ3n) is 1.97. The molecule has 0 atom stereocenters. The molecule has 1 rings (SSSR count). The molecule has 0 saturated heterocycles. The van der Waals surface area contributed by atoms with E-state index in [2.05, 4.69) is 39.6 Å². The Bertz CT molecular complexity index is 358. The molecule has 6 nitrogen and oxygen atoms in total. The highest BCUT2D eigenvalue weighted by atomic mass is 16.5. The molecule has 0 bridgehead atoms. The molecular formula is C11H21N5O. The van der Waals surface area contributed by atoms with Crippen molar-refractivity contribution in [2.45, 2.75) is 34.2 Å². The molecule has 0 aliphatic heterocycles. The van der Waals surface area contributed by atoms with E-state index in [9.17, 15) is 0 Å². The first kappa shape index (κ1) is 13.5. The first-order valence-electron chi connectivity index (χ1n) is 5.93. The fourth-order valence-electron chi connectivity index (χ4n) is 1.20. The first-order valence-corrected chi connectivity index (χ1v) is 5.93. The van der Waals surface area contributed by atoms with Crippen molar-refractivity contribution in [2.75, 3.05) is 13.1 Å². The third-order valence-corrected chi connectivity index (χ3v) is 1.97. The van der Waals surface area contributed by atoms with Crippen LogP contribution in [0.1, 0.15) is 32.5 Å². The minimum absolute atomic E-state index is 0.421. The van der Waals surface area contributed by atoms with Gasteiger partial charge in [0.25, 0.3) is 0 Å². The summed E-state index contributed by atoms with van der Waals surface area (Å²) in [5.74, 6) is 2.52. The summed E-state index contributed by atoms with van der Waals surface area (Å²) in [7, 11) is 0. The fourth-order valence-corrected chi connectivity index (χ4v) is 1.20. The highest BCUT2D eigenvalue weighted by Crippen LogP contribution is 1.96. The van der Waals surface area contributed by atoms with Crippen LogP contribution in [0, 0.1) is 12.8 Å². The number of rotatable bonds is 5. The van der Waals surface area contributed by atoms with Crippen LogP contribution >= 0.6 is 0 Å². The molecular weight excluding hydrogens is 218 g/mol. The maximum Gasteiger partial charge on any atom is 0.223 e. The number of aromatic nitrogens is 2. The van der Waals surface area contributed by atoms with E-state index in [1.54, 1.807) is 6.92 Å². The summed E-state index contributed by atoms with van der Waals surface area (Å²) in [6.07, 6.45) is 0. The maximum absolute atomic E-state index is 4.88. The monoisotopic (exact) mass is 239 g/mol. The average Bonchev–Trinajstić information content (AvgIpc) is 2.68. The molecule has 0 radical (unpaired) electrons. The predicted molar refractivity (Wildman–Crippen MR) is 66.7 cm³/mol. The van der Waals surface area contributed by atoms with Crippen LogP contribution in [0.2, 0.25) is 0 Å². The number of nitrogens with zero attached hydrogens (tertiary/aromatic N) is 3.